The van der Waals surface area contributed by atoms with Gasteiger partial charge < -0.3 is 23.9 Å². The highest BCUT2D eigenvalue weighted by molar-refractivity contribution is 6.31. The Morgan fingerprint density at radius 2 is 1.21 bits per heavy atom. The number of ether oxygens (including phenoxy) is 2. The highest BCUT2D eigenvalue weighted by Gasteiger charge is 2.13. The van der Waals surface area contributed by atoms with Gasteiger partial charge >= 0.3 is 11.1 Å². The van der Waals surface area contributed by atoms with Crippen LogP contribution >= 0.6 is 46.4 Å². The van der Waals surface area contributed by atoms with Crippen LogP contribution in [0.3, 0.4) is 0 Å². The second-order valence-electron chi connectivity index (χ2n) is 10.1. The zero-order chi connectivity index (χ0) is 34.4. The fraction of sp³-hybridized carbons (Fsp3) is 0.188. The molecule has 0 atom stereocenters. The Labute approximate surface area is 288 Å². The zero-order valence-electron chi connectivity index (χ0n) is 25.4. The molecule has 0 aliphatic heterocycles. The Balaban J connectivity index is 0.000000229. The van der Waals surface area contributed by atoms with Crippen molar-refractivity contribution in [1.29, 1.82) is 0 Å². The summed E-state index contributed by atoms with van der Waals surface area (Å²) in [7, 11) is 2.77. The number of aryl methyl sites for hydroxylation is 2. The van der Waals surface area contributed by atoms with Gasteiger partial charge in [0.2, 0.25) is 22.7 Å². The highest BCUT2D eigenvalue weighted by Crippen LogP contribution is 2.27. The lowest BCUT2D eigenvalue weighted by atomic mass is 10.1. The molecule has 9 nitrogen and oxygen atoms in total. The molecule has 0 aliphatic rings. The molecule has 0 unspecified atom stereocenters. The Morgan fingerprint density at radius 3 is 1.74 bits per heavy atom. The normalized spacial score (nSPS) is 10.7. The van der Waals surface area contributed by atoms with Crippen molar-refractivity contribution in [1.82, 2.24) is 19.1 Å². The molecular formula is C32H27Cl4F2N5O4. The van der Waals surface area contributed by atoms with Gasteiger partial charge in [-0.25, -0.2) is 8.78 Å². The van der Waals surface area contributed by atoms with Crippen LogP contribution in [-0.2, 0) is 13.1 Å². The van der Waals surface area contributed by atoms with Crippen molar-refractivity contribution in [3.05, 3.63) is 136 Å². The average molecular weight is 725 g/mol. The highest BCUT2D eigenvalue weighted by atomic mass is 35.5. The summed E-state index contributed by atoms with van der Waals surface area (Å²) in [4.78, 5) is 31.3. The Hall–Kier alpha value is -4.16. The van der Waals surface area contributed by atoms with E-state index in [2.05, 4.69) is 15.3 Å². The molecule has 2 heterocycles. The van der Waals surface area contributed by atoms with Gasteiger partial charge in [0.15, 0.2) is 0 Å². The van der Waals surface area contributed by atoms with Gasteiger partial charge in [-0.15, -0.1) is 0 Å². The van der Waals surface area contributed by atoms with Crippen molar-refractivity contribution in [2.75, 3.05) is 19.5 Å². The standard InChI is InChI=1S/C20H18Cl2FN3O2.C12H9Cl2FN2O2/c1-11-7-17(12(2)6-14(11)21)24-20-25-19(27)18(28-3)10-26(20)9-13-4-5-16(23)15(22)8-13;1-19-10-6-17(12(14)16-11(10)18)5-7-2-3-9(15)8(13)4-7/h4-8,10H,9H2,1-3H3,(H,24,25,27);2-4,6H,5H2,1H3. The number of halogens is 6. The molecule has 0 saturated carbocycles. The Morgan fingerprint density at radius 1 is 0.702 bits per heavy atom. The molecule has 0 amide bonds. The topological polar surface area (TPSA) is 100 Å². The molecule has 5 rings (SSSR count). The fourth-order valence-corrected chi connectivity index (χ4v) is 5.05. The summed E-state index contributed by atoms with van der Waals surface area (Å²) in [6, 6.07) is 12.5. The molecule has 0 fully saturated rings. The third-order valence-electron chi connectivity index (χ3n) is 6.74. The summed E-state index contributed by atoms with van der Waals surface area (Å²) in [5.74, 6) is -0.491. The van der Waals surface area contributed by atoms with E-state index in [1.54, 1.807) is 22.9 Å². The van der Waals surface area contributed by atoms with E-state index in [4.69, 9.17) is 55.9 Å². The maximum absolute atomic E-state index is 13.5. The maximum Gasteiger partial charge on any atom is 0.316 e. The van der Waals surface area contributed by atoms with Gasteiger partial charge in [0.1, 0.15) is 11.6 Å². The minimum atomic E-state index is -0.541. The van der Waals surface area contributed by atoms with Crippen LogP contribution in [0.15, 0.2) is 70.5 Å². The summed E-state index contributed by atoms with van der Waals surface area (Å²) in [5, 5.41) is 3.90. The van der Waals surface area contributed by atoms with Gasteiger partial charge in [-0.2, -0.15) is 9.97 Å². The quantitative estimate of drug-likeness (QED) is 0.163. The van der Waals surface area contributed by atoms with Crippen LogP contribution in [0.5, 0.6) is 11.5 Å². The van der Waals surface area contributed by atoms with Gasteiger partial charge in [0.05, 0.1) is 49.7 Å². The molecule has 0 saturated heterocycles. The van der Waals surface area contributed by atoms with E-state index < -0.39 is 22.8 Å². The van der Waals surface area contributed by atoms with E-state index in [-0.39, 0.29) is 26.8 Å². The average Bonchev–Trinajstić information content (AvgIpc) is 3.02. The lowest BCUT2D eigenvalue weighted by molar-refractivity contribution is 0.402. The smallest absolute Gasteiger partial charge is 0.316 e. The van der Waals surface area contributed by atoms with Gasteiger partial charge in [-0.05, 0) is 84.1 Å². The molecular weight excluding hydrogens is 698 g/mol. The van der Waals surface area contributed by atoms with Crippen LogP contribution in [0.2, 0.25) is 20.4 Å². The Bertz CT molecular complexity index is 2060. The molecule has 47 heavy (non-hydrogen) atoms. The molecule has 0 spiro atoms. The lowest BCUT2D eigenvalue weighted by Crippen LogP contribution is -2.19. The van der Waals surface area contributed by atoms with Crippen LogP contribution in [0.4, 0.5) is 20.4 Å². The third kappa shape index (κ3) is 9.01. The van der Waals surface area contributed by atoms with Crippen molar-refractivity contribution in [3.63, 3.8) is 0 Å². The number of hydrogen-bond donors (Lipinski definition) is 1. The predicted octanol–water partition coefficient (Wildman–Crippen LogP) is 7.85. The third-order valence-corrected chi connectivity index (χ3v) is 8.03. The van der Waals surface area contributed by atoms with E-state index in [1.807, 2.05) is 26.0 Å². The van der Waals surface area contributed by atoms with Crippen LogP contribution < -0.4 is 25.9 Å². The first-order valence-electron chi connectivity index (χ1n) is 13.7. The van der Waals surface area contributed by atoms with Crippen molar-refractivity contribution in [3.8, 4) is 11.5 Å². The number of hydrogen-bond acceptors (Lipinski definition) is 7. The second kappa shape index (κ2) is 15.6. The summed E-state index contributed by atoms with van der Waals surface area (Å²) < 4.78 is 39.7. The maximum atomic E-state index is 13.5. The van der Waals surface area contributed by atoms with Crippen LogP contribution in [0.25, 0.3) is 0 Å². The summed E-state index contributed by atoms with van der Waals surface area (Å²) in [5.41, 5.74) is 2.98. The molecule has 5 aromatic rings. The van der Waals surface area contributed by atoms with Crippen molar-refractivity contribution in [2.45, 2.75) is 26.9 Å². The predicted molar refractivity (Wildman–Crippen MR) is 180 cm³/mol. The van der Waals surface area contributed by atoms with Crippen LogP contribution in [0, 0.1) is 25.5 Å². The molecule has 3 aromatic carbocycles. The molecule has 15 heteroatoms. The van der Waals surface area contributed by atoms with Crippen molar-refractivity contribution < 1.29 is 18.3 Å². The van der Waals surface area contributed by atoms with Crippen LogP contribution in [0.1, 0.15) is 22.3 Å². The number of nitrogens with zero attached hydrogens (tertiary/aromatic N) is 4. The van der Waals surface area contributed by atoms with Crippen molar-refractivity contribution in [2.24, 2.45) is 0 Å². The Kier molecular flexibility index (Phi) is 11.9. The minimum absolute atomic E-state index is 0.0197. The first-order chi connectivity index (χ1) is 22.3. The van der Waals surface area contributed by atoms with E-state index >= 15 is 0 Å². The number of aromatic nitrogens is 4. The summed E-state index contributed by atoms with van der Waals surface area (Å²) in [6.45, 7) is 4.39. The summed E-state index contributed by atoms with van der Waals surface area (Å²) >= 11 is 23.6. The molecule has 0 radical (unpaired) electrons. The first-order valence-corrected chi connectivity index (χ1v) is 15.2. The van der Waals surface area contributed by atoms with Crippen LogP contribution in [-0.4, -0.2) is 33.3 Å². The fourth-order valence-electron chi connectivity index (χ4n) is 4.24. The summed E-state index contributed by atoms with van der Waals surface area (Å²) in [6.07, 6.45) is 2.99. The second-order valence-corrected chi connectivity index (χ2v) is 11.7. The van der Waals surface area contributed by atoms with Gasteiger partial charge in [-0.1, -0.05) is 46.9 Å². The minimum Gasteiger partial charge on any atom is -0.490 e. The number of methoxy groups -OCH3 is 2. The van der Waals surface area contributed by atoms with E-state index in [0.717, 1.165) is 27.9 Å². The number of anilines is 2. The largest absolute Gasteiger partial charge is 0.490 e. The number of benzene rings is 3. The van der Waals surface area contributed by atoms with Gasteiger partial charge in [0, 0.05) is 10.7 Å². The molecule has 1 N–H and O–H groups in total. The van der Waals surface area contributed by atoms with E-state index in [9.17, 15) is 18.4 Å². The zero-order valence-corrected chi connectivity index (χ0v) is 28.4. The van der Waals surface area contributed by atoms with Crippen molar-refractivity contribution >= 4 is 58.0 Å². The lowest BCUT2D eigenvalue weighted by Gasteiger charge is -2.17. The van der Waals surface area contributed by atoms with E-state index in [0.29, 0.717) is 24.1 Å². The first kappa shape index (κ1) is 35.7. The van der Waals surface area contributed by atoms with Gasteiger partial charge in [-0.3, -0.25) is 9.59 Å². The molecule has 0 bridgehead atoms. The number of rotatable bonds is 8. The SMILES string of the molecule is COc1cn(Cc2ccc(F)c(Cl)c2)c(Cl)nc1=O.COc1cn(Cc2ccc(F)c(Cl)c2)c(Nc2cc(C)c(Cl)cc2C)nc1=O. The molecule has 2 aromatic heterocycles. The molecule has 246 valence electrons. The monoisotopic (exact) mass is 723 g/mol. The molecule has 0 aliphatic carbocycles. The number of nitrogens with one attached hydrogen (secondary N) is 1. The van der Waals surface area contributed by atoms with Gasteiger partial charge in [0.25, 0.3) is 0 Å². The van der Waals surface area contributed by atoms with E-state index in [1.165, 1.54) is 49.2 Å².